The van der Waals surface area contributed by atoms with Crippen LogP contribution in [0.5, 0.6) is 0 Å². The van der Waals surface area contributed by atoms with Gasteiger partial charge in [0, 0.05) is 23.8 Å². The monoisotopic (exact) mass is 346 g/mol. The van der Waals surface area contributed by atoms with Crippen molar-refractivity contribution in [3.8, 4) is 0 Å². The van der Waals surface area contributed by atoms with Crippen LogP contribution in [-0.2, 0) is 13.1 Å². The lowest BCUT2D eigenvalue weighted by Crippen LogP contribution is -2.08. The second-order valence-corrected chi connectivity index (χ2v) is 6.02. The first kappa shape index (κ1) is 14.3. The number of aromatic nitrogens is 1. The number of para-hydroxylation sites is 1. The van der Waals surface area contributed by atoms with Crippen molar-refractivity contribution in [1.29, 1.82) is 0 Å². The molecule has 21 heavy (non-hydrogen) atoms. The van der Waals surface area contributed by atoms with Gasteiger partial charge in [0.05, 0.1) is 5.52 Å². The average molecular weight is 347 g/mol. The quantitative estimate of drug-likeness (QED) is 0.744. The van der Waals surface area contributed by atoms with Crippen LogP contribution in [0.25, 0.3) is 10.9 Å². The zero-order chi connectivity index (χ0) is 14.8. The van der Waals surface area contributed by atoms with Crippen LogP contribution in [0.15, 0.2) is 53.1 Å². The molecule has 0 spiro atoms. The molecule has 0 aliphatic rings. The van der Waals surface area contributed by atoms with Gasteiger partial charge in [-0.25, -0.2) is 4.39 Å². The fourth-order valence-electron chi connectivity index (χ4n) is 2.70. The van der Waals surface area contributed by atoms with Gasteiger partial charge in [-0.2, -0.15) is 0 Å². The molecule has 0 amide bonds. The van der Waals surface area contributed by atoms with Crippen LogP contribution < -0.4 is 5.32 Å². The van der Waals surface area contributed by atoms with Gasteiger partial charge in [-0.05, 0) is 47.8 Å². The third-order valence-corrected chi connectivity index (χ3v) is 3.97. The lowest BCUT2D eigenvalue weighted by atomic mass is 10.1. The first-order valence-corrected chi connectivity index (χ1v) is 7.63. The number of nitrogens with zero attached hydrogens (tertiary/aromatic N) is 1. The molecular weight excluding hydrogens is 331 g/mol. The zero-order valence-corrected chi connectivity index (χ0v) is 13.3. The smallest absolute Gasteiger partial charge is 0.124 e. The summed E-state index contributed by atoms with van der Waals surface area (Å²) in [4.78, 5) is 0. The molecule has 3 aromatic rings. The molecule has 0 fully saturated rings. The molecule has 2 aromatic carbocycles. The molecule has 0 saturated carbocycles. The minimum Gasteiger partial charge on any atom is -0.343 e. The minimum absolute atomic E-state index is 0.216. The van der Waals surface area contributed by atoms with Gasteiger partial charge in [0.2, 0.25) is 0 Å². The maximum Gasteiger partial charge on any atom is 0.124 e. The van der Waals surface area contributed by atoms with Crippen LogP contribution in [-0.4, -0.2) is 11.6 Å². The summed E-state index contributed by atoms with van der Waals surface area (Å²) in [6.07, 6.45) is 2.06. The molecule has 2 nitrogen and oxygen atoms in total. The van der Waals surface area contributed by atoms with Gasteiger partial charge < -0.3 is 9.88 Å². The van der Waals surface area contributed by atoms with E-state index in [-0.39, 0.29) is 5.82 Å². The van der Waals surface area contributed by atoms with Crippen molar-refractivity contribution >= 4 is 26.8 Å². The average Bonchev–Trinajstić information content (AvgIpc) is 2.82. The van der Waals surface area contributed by atoms with Crippen molar-refractivity contribution in [2.24, 2.45) is 0 Å². The molecule has 3 rings (SSSR count). The molecule has 1 heterocycles. The van der Waals surface area contributed by atoms with Crippen molar-refractivity contribution < 1.29 is 4.39 Å². The van der Waals surface area contributed by atoms with E-state index in [1.165, 1.54) is 22.5 Å². The Morgan fingerprint density at radius 2 is 2.05 bits per heavy atom. The summed E-state index contributed by atoms with van der Waals surface area (Å²) >= 11 is 3.35. The number of halogens is 2. The van der Waals surface area contributed by atoms with E-state index in [2.05, 4.69) is 56.3 Å². The standard InChI is InChI=1S/C17H16BrFN2/c1-20-10-14-4-2-3-13-5-6-21(17(13)14)11-12-7-15(18)9-16(19)8-12/h2-9,20H,10-11H2,1H3. The van der Waals surface area contributed by atoms with Gasteiger partial charge in [0.1, 0.15) is 5.82 Å². The molecule has 108 valence electrons. The number of rotatable bonds is 4. The van der Waals surface area contributed by atoms with Crippen LogP contribution in [0.2, 0.25) is 0 Å². The number of fused-ring (bicyclic) bond motifs is 1. The molecule has 0 bridgehead atoms. The van der Waals surface area contributed by atoms with E-state index in [0.29, 0.717) is 6.54 Å². The predicted octanol–water partition coefficient (Wildman–Crippen LogP) is 4.31. The van der Waals surface area contributed by atoms with Gasteiger partial charge in [-0.15, -0.1) is 0 Å². The lowest BCUT2D eigenvalue weighted by molar-refractivity contribution is 0.623. The molecule has 0 saturated heterocycles. The van der Waals surface area contributed by atoms with Gasteiger partial charge in [0.25, 0.3) is 0 Å². The summed E-state index contributed by atoms with van der Waals surface area (Å²) in [5.74, 6) is -0.216. The summed E-state index contributed by atoms with van der Waals surface area (Å²) in [7, 11) is 1.94. The Bertz CT molecular complexity index is 759. The molecule has 1 aromatic heterocycles. The Hall–Kier alpha value is -1.65. The Morgan fingerprint density at radius 1 is 1.19 bits per heavy atom. The third-order valence-electron chi connectivity index (χ3n) is 3.51. The Labute approximate surface area is 131 Å². The van der Waals surface area contributed by atoms with Crippen molar-refractivity contribution in [1.82, 2.24) is 9.88 Å². The minimum atomic E-state index is -0.216. The zero-order valence-electron chi connectivity index (χ0n) is 11.7. The number of benzene rings is 2. The molecule has 0 aliphatic carbocycles. The highest BCUT2D eigenvalue weighted by molar-refractivity contribution is 9.10. The molecule has 4 heteroatoms. The van der Waals surface area contributed by atoms with Crippen LogP contribution in [0.3, 0.4) is 0 Å². The highest BCUT2D eigenvalue weighted by Crippen LogP contribution is 2.23. The van der Waals surface area contributed by atoms with E-state index >= 15 is 0 Å². The van der Waals surface area contributed by atoms with Crippen LogP contribution >= 0.6 is 15.9 Å². The Balaban J connectivity index is 2.04. The largest absolute Gasteiger partial charge is 0.343 e. The molecular formula is C17H16BrFN2. The predicted molar refractivity (Wildman–Crippen MR) is 87.9 cm³/mol. The summed E-state index contributed by atoms with van der Waals surface area (Å²) in [5.41, 5.74) is 3.39. The van der Waals surface area contributed by atoms with Crippen LogP contribution in [0.4, 0.5) is 4.39 Å². The van der Waals surface area contributed by atoms with Gasteiger partial charge in [-0.1, -0.05) is 34.1 Å². The molecule has 0 radical (unpaired) electrons. The van der Waals surface area contributed by atoms with Gasteiger partial charge in [-0.3, -0.25) is 0 Å². The third kappa shape index (κ3) is 3.01. The van der Waals surface area contributed by atoms with E-state index in [4.69, 9.17) is 0 Å². The fraction of sp³-hybridized carbons (Fsp3) is 0.176. The Kier molecular flexibility index (Phi) is 4.08. The van der Waals surface area contributed by atoms with Crippen molar-refractivity contribution in [2.45, 2.75) is 13.1 Å². The topological polar surface area (TPSA) is 17.0 Å². The molecule has 1 N–H and O–H groups in total. The van der Waals surface area contributed by atoms with Crippen LogP contribution in [0, 0.1) is 5.82 Å². The summed E-state index contributed by atoms with van der Waals surface area (Å²) in [6.45, 7) is 1.47. The highest BCUT2D eigenvalue weighted by atomic mass is 79.9. The maximum absolute atomic E-state index is 13.5. The summed E-state index contributed by atoms with van der Waals surface area (Å²) in [6, 6.07) is 13.4. The SMILES string of the molecule is CNCc1cccc2ccn(Cc3cc(F)cc(Br)c3)c12. The molecule has 0 atom stereocenters. The number of nitrogens with one attached hydrogen (secondary N) is 1. The highest BCUT2D eigenvalue weighted by Gasteiger charge is 2.07. The number of hydrogen-bond acceptors (Lipinski definition) is 1. The van der Waals surface area contributed by atoms with Crippen molar-refractivity contribution in [3.05, 3.63) is 70.1 Å². The van der Waals surface area contributed by atoms with Crippen molar-refractivity contribution in [2.75, 3.05) is 7.05 Å². The van der Waals surface area contributed by atoms with Gasteiger partial charge in [0.15, 0.2) is 0 Å². The van der Waals surface area contributed by atoms with E-state index in [9.17, 15) is 4.39 Å². The summed E-state index contributed by atoms with van der Waals surface area (Å²) in [5, 5.41) is 4.40. The van der Waals surface area contributed by atoms with E-state index in [0.717, 1.165) is 16.6 Å². The first-order valence-electron chi connectivity index (χ1n) is 6.83. The first-order chi connectivity index (χ1) is 10.2. The summed E-state index contributed by atoms with van der Waals surface area (Å²) < 4.78 is 16.5. The molecule has 0 aliphatic heterocycles. The lowest BCUT2D eigenvalue weighted by Gasteiger charge is -2.10. The van der Waals surface area contributed by atoms with Gasteiger partial charge >= 0.3 is 0 Å². The Morgan fingerprint density at radius 3 is 2.81 bits per heavy atom. The second kappa shape index (κ2) is 6.00. The second-order valence-electron chi connectivity index (χ2n) is 5.11. The van der Waals surface area contributed by atoms with Crippen molar-refractivity contribution in [3.63, 3.8) is 0 Å². The normalized spacial score (nSPS) is 11.2. The van der Waals surface area contributed by atoms with E-state index in [1.807, 2.05) is 13.1 Å². The molecule has 0 unspecified atom stereocenters. The number of hydrogen-bond donors (Lipinski definition) is 1. The van der Waals surface area contributed by atoms with Crippen LogP contribution in [0.1, 0.15) is 11.1 Å². The maximum atomic E-state index is 13.5. The van der Waals surface area contributed by atoms with E-state index < -0.39 is 0 Å². The van der Waals surface area contributed by atoms with E-state index in [1.54, 1.807) is 6.07 Å². The fourth-order valence-corrected chi connectivity index (χ4v) is 3.22.